The van der Waals surface area contributed by atoms with E-state index in [1.807, 2.05) is 18.2 Å². The molecule has 0 atom stereocenters. The molecule has 3 nitrogen and oxygen atoms in total. The minimum absolute atomic E-state index is 0.756. The summed E-state index contributed by atoms with van der Waals surface area (Å²) < 4.78 is 10.6. The number of hydrogen-bond acceptors (Lipinski definition) is 3. The van der Waals surface area contributed by atoms with Gasteiger partial charge >= 0.3 is 0 Å². The lowest BCUT2D eigenvalue weighted by Gasteiger charge is -2.24. The standard InChI is InChI=1S/C17H21NO2/c1-4-18(13-14-8-6-5-7-9-14)15-10-11-16(19-2)17(12-15)20-3/h5-12H,4,13H2,1-3H3. The molecule has 0 saturated heterocycles. The maximum atomic E-state index is 5.37. The highest BCUT2D eigenvalue weighted by Crippen LogP contribution is 2.31. The maximum absolute atomic E-state index is 5.37. The van der Waals surface area contributed by atoms with Gasteiger partial charge in [-0.1, -0.05) is 30.3 Å². The molecule has 2 aromatic carbocycles. The van der Waals surface area contributed by atoms with E-state index in [4.69, 9.17) is 9.47 Å². The second-order valence-electron chi connectivity index (χ2n) is 4.54. The van der Waals surface area contributed by atoms with Crippen LogP contribution in [-0.4, -0.2) is 20.8 Å². The molecule has 0 amide bonds. The van der Waals surface area contributed by atoms with Crippen molar-refractivity contribution >= 4 is 5.69 Å². The smallest absolute Gasteiger partial charge is 0.162 e. The van der Waals surface area contributed by atoms with E-state index >= 15 is 0 Å². The molecule has 2 rings (SSSR count). The SMILES string of the molecule is CCN(Cc1ccccc1)c1ccc(OC)c(OC)c1. The van der Waals surface area contributed by atoms with Crippen molar-refractivity contribution in [2.24, 2.45) is 0 Å². The Labute approximate surface area is 120 Å². The first-order valence-corrected chi connectivity index (χ1v) is 6.79. The highest BCUT2D eigenvalue weighted by Gasteiger charge is 2.09. The van der Waals surface area contributed by atoms with E-state index in [0.29, 0.717) is 0 Å². The van der Waals surface area contributed by atoms with Crippen LogP contribution >= 0.6 is 0 Å². The number of methoxy groups -OCH3 is 2. The monoisotopic (exact) mass is 271 g/mol. The number of hydrogen-bond donors (Lipinski definition) is 0. The van der Waals surface area contributed by atoms with Crippen molar-refractivity contribution in [1.29, 1.82) is 0 Å². The topological polar surface area (TPSA) is 21.7 Å². The average Bonchev–Trinajstić information content (AvgIpc) is 2.53. The van der Waals surface area contributed by atoms with Gasteiger partial charge in [-0.25, -0.2) is 0 Å². The number of benzene rings is 2. The van der Waals surface area contributed by atoms with Crippen molar-refractivity contribution in [3.05, 3.63) is 54.1 Å². The summed E-state index contributed by atoms with van der Waals surface area (Å²) in [7, 11) is 3.31. The van der Waals surface area contributed by atoms with Gasteiger partial charge in [0.2, 0.25) is 0 Å². The normalized spacial score (nSPS) is 10.2. The average molecular weight is 271 g/mol. The summed E-state index contributed by atoms with van der Waals surface area (Å²) in [4.78, 5) is 2.30. The molecule has 0 fully saturated rings. The van der Waals surface area contributed by atoms with Gasteiger partial charge in [0.05, 0.1) is 14.2 Å². The van der Waals surface area contributed by atoms with Gasteiger partial charge in [0.25, 0.3) is 0 Å². The van der Waals surface area contributed by atoms with Gasteiger partial charge in [-0.3, -0.25) is 0 Å². The van der Waals surface area contributed by atoms with Crippen LogP contribution < -0.4 is 14.4 Å². The van der Waals surface area contributed by atoms with E-state index in [9.17, 15) is 0 Å². The molecular weight excluding hydrogens is 250 g/mol. The lowest BCUT2D eigenvalue weighted by Crippen LogP contribution is -2.21. The van der Waals surface area contributed by atoms with E-state index < -0.39 is 0 Å². The van der Waals surface area contributed by atoms with E-state index in [-0.39, 0.29) is 0 Å². The van der Waals surface area contributed by atoms with Crippen LogP contribution in [0.25, 0.3) is 0 Å². The quantitative estimate of drug-likeness (QED) is 0.799. The third-order valence-corrected chi connectivity index (χ3v) is 3.33. The first-order chi connectivity index (χ1) is 9.78. The van der Waals surface area contributed by atoms with Crippen LogP contribution in [0.4, 0.5) is 5.69 Å². The van der Waals surface area contributed by atoms with Crippen molar-refractivity contribution < 1.29 is 9.47 Å². The fraction of sp³-hybridized carbons (Fsp3) is 0.294. The molecule has 0 aromatic heterocycles. The molecular formula is C17H21NO2. The molecule has 0 bridgehead atoms. The zero-order chi connectivity index (χ0) is 14.4. The maximum Gasteiger partial charge on any atom is 0.162 e. The summed E-state index contributed by atoms with van der Waals surface area (Å²) in [5, 5.41) is 0. The molecule has 0 aliphatic heterocycles. The lowest BCUT2D eigenvalue weighted by molar-refractivity contribution is 0.355. The summed E-state index contributed by atoms with van der Waals surface area (Å²) in [6.45, 7) is 3.97. The molecule has 0 saturated carbocycles. The summed E-state index contributed by atoms with van der Waals surface area (Å²) in [6, 6.07) is 16.5. The summed E-state index contributed by atoms with van der Waals surface area (Å²) in [5.74, 6) is 1.52. The Morgan fingerprint density at radius 1 is 0.900 bits per heavy atom. The Morgan fingerprint density at radius 3 is 2.20 bits per heavy atom. The predicted molar refractivity (Wildman–Crippen MR) is 82.7 cm³/mol. The second-order valence-corrected chi connectivity index (χ2v) is 4.54. The van der Waals surface area contributed by atoms with Gasteiger partial charge in [0, 0.05) is 24.8 Å². The Balaban J connectivity index is 2.23. The van der Waals surface area contributed by atoms with E-state index in [1.54, 1.807) is 14.2 Å². The van der Waals surface area contributed by atoms with Crippen molar-refractivity contribution in [1.82, 2.24) is 0 Å². The zero-order valence-corrected chi connectivity index (χ0v) is 12.3. The Kier molecular flexibility index (Phi) is 4.88. The molecule has 0 aliphatic rings. The van der Waals surface area contributed by atoms with E-state index in [2.05, 4.69) is 42.2 Å². The molecule has 20 heavy (non-hydrogen) atoms. The van der Waals surface area contributed by atoms with Gasteiger partial charge in [0.15, 0.2) is 11.5 Å². The molecule has 2 aromatic rings. The van der Waals surface area contributed by atoms with Gasteiger partial charge in [-0.2, -0.15) is 0 Å². The molecule has 0 radical (unpaired) electrons. The number of ether oxygens (including phenoxy) is 2. The van der Waals surface area contributed by atoms with Crippen LogP contribution in [0.15, 0.2) is 48.5 Å². The van der Waals surface area contributed by atoms with Crippen molar-refractivity contribution in [3.8, 4) is 11.5 Å². The molecule has 0 N–H and O–H groups in total. The zero-order valence-electron chi connectivity index (χ0n) is 12.3. The van der Waals surface area contributed by atoms with Crippen molar-refractivity contribution in [2.75, 3.05) is 25.7 Å². The molecule has 106 valence electrons. The van der Waals surface area contributed by atoms with Crippen LogP contribution in [0.2, 0.25) is 0 Å². The molecule has 0 aliphatic carbocycles. The minimum atomic E-state index is 0.756. The van der Waals surface area contributed by atoms with Crippen LogP contribution in [0.3, 0.4) is 0 Å². The second kappa shape index (κ2) is 6.85. The molecule has 0 spiro atoms. The van der Waals surface area contributed by atoms with E-state index in [1.165, 1.54) is 5.56 Å². The van der Waals surface area contributed by atoms with Crippen LogP contribution in [-0.2, 0) is 6.54 Å². The highest BCUT2D eigenvalue weighted by atomic mass is 16.5. The minimum Gasteiger partial charge on any atom is -0.493 e. The molecule has 0 heterocycles. The summed E-state index contributed by atoms with van der Waals surface area (Å²) in [6.07, 6.45) is 0. The fourth-order valence-electron chi connectivity index (χ4n) is 2.21. The fourth-order valence-corrected chi connectivity index (χ4v) is 2.21. The highest BCUT2D eigenvalue weighted by molar-refractivity contribution is 5.56. The van der Waals surface area contributed by atoms with Gasteiger partial charge in [0.1, 0.15) is 0 Å². The van der Waals surface area contributed by atoms with Crippen LogP contribution in [0.5, 0.6) is 11.5 Å². The predicted octanol–water partition coefficient (Wildman–Crippen LogP) is 3.73. The van der Waals surface area contributed by atoms with Crippen LogP contribution in [0.1, 0.15) is 12.5 Å². The Morgan fingerprint density at radius 2 is 1.60 bits per heavy atom. The first kappa shape index (κ1) is 14.3. The van der Waals surface area contributed by atoms with Crippen molar-refractivity contribution in [2.45, 2.75) is 13.5 Å². The largest absolute Gasteiger partial charge is 0.493 e. The van der Waals surface area contributed by atoms with Gasteiger partial charge < -0.3 is 14.4 Å². The number of anilines is 1. The van der Waals surface area contributed by atoms with Crippen molar-refractivity contribution in [3.63, 3.8) is 0 Å². The Bertz CT molecular complexity index is 540. The molecule has 0 unspecified atom stereocenters. The van der Waals surface area contributed by atoms with Gasteiger partial charge in [-0.05, 0) is 24.6 Å². The number of rotatable bonds is 6. The van der Waals surface area contributed by atoms with Gasteiger partial charge in [-0.15, -0.1) is 0 Å². The van der Waals surface area contributed by atoms with Crippen LogP contribution in [0, 0.1) is 0 Å². The third-order valence-electron chi connectivity index (χ3n) is 3.33. The first-order valence-electron chi connectivity index (χ1n) is 6.79. The summed E-state index contributed by atoms with van der Waals surface area (Å²) in [5.41, 5.74) is 2.43. The summed E-state index contributed by atoms with van der Waals surface area (Å²) >= 11 is 0. The number of nitrogens with zero attached hydrogens (tertiary/aromatic N) is 1. The third kappa shape index (κ3) is 3.23. The van der Waals surface area contributed by atoms with E-state index in [0.717, 1.165) is 30.3 Å². The lowest BCUT2D eigenvalue weighted by atomic mass is 10.2. The molecule has 3 heteroatoms. The Hall–Kier alpha value is -2.16.